The van der Waals surface area contributed by atoms with Crippen LogP contribution in [0.2, 0.25) is 0 Å². The lowest BCUT2D eigenvalue weighted by Gasteiger charge is -2.25. The lowest BCUT2D eigenvalue weighted by Crippen LogP contribution is -2.21. The lowest BCUT2D eigenvalue weighted by atomic mass is 10.2. The van der Waals surface area contributed by atoms with E-state index in [9.17, 15) is 5.11 Å². The molecule has 3 heterocycles. The Bertz CT molecular complexity index is 1260. The molecule has 1 aliphatic rings. The van der Waals surface area contributed by atoms with Crippen LogP contribution in [-0.4, -0.2) is 51.9 Å². The summed E-state index contributed by atoms with van der Waals surface area (Å²) < 4.78 is 18.3. The second-order valence-electron chi connectivity index (χ2n) is 7.09. The summed E-state index contributed by atoms with van der Waals surface area (Å²) in [6, 6.07) is 9.56. The quantitative estimate of drug-likeness (QED) is 0.510. The molecule has 0 fully saturated rings. The number of fused-ring (bicyclic) bond motifs is 2. The van der Waals surface area contributed by atoms with Crippen LogP contribution in [0.4, 0.5) is 11.4 Å². The van der Waals surface area contributed by atoms with E-state index in [1.807, 2.05) is 48.5 Å². The maximum Gasteiger partial charge on any atom is 0.231 e. The van der Waals surface area contributed by atoms with Gasteiger partial charge in [-0.05, 0) is 18.2 Å². The van der Waals surface area contributed by atoms with E-state index in [-0.39, 0.29) is 13.4 Å². The number of aryl methyl sites for hydroxylation is 1. The smallest absolute Gasteiger partial charge is 0.231 e. The Hall–Kier alpha value is -3.85. The van der Waals surface area contributed by atoms with Gasteiger partial charge in [0.1, 0.15) is 0 Å². The summed E-state index contributed by atoms with van der Waals surface area (Å²) in [4.78, 5) is 11.3. The second kappa shape index (κ2) is 7.77. The van der Waals surface area contributed by atoms with Crippen LogP contribution in [-0.2, 0) is 7.05 Å². The highest BCUT2D eigenvalue weighted by Crippen LogP contribution is 2.45. The maximum absolute atomic E-state index is 9.72. The van der Waals surface area contributed by atoms with E-state index < -0.39 is 0 Å². The monoisotopic (exact) mass is 419 g/mol. The Morgan fingerprint density at radius 1 is 1.13 bits per heavy atom. The number of hydrogen-bond donors (Lipinski definition) is 1. The molecule has 9 nitrogen and oxygen atoms in total. The van der Waals surface area contributed by atoms with Crippen molar-refractivity contribution < 1.29 is 19.3 Å². The van der Waals surface area contributed by atoms with E-state index in [1.165, 1.54) is 0 Å². The first-order valence-electron chi connectivity index (χ1n) is 9.78. The van der Waals surface area contributed by atoms with E-state index in [1.54, 1.807) is 24.2 Å². The number of rotatable bonds is 6. The number of anilines is 2. The van der Waals surface area contributed by atoms with Crippen LogP contribution in [0.25, 0.3) is 22.3 Å². The average Bonchev–Trinajstić information content (AvgIpc) is 3.45. The van der Waals surface area contributed by atoms with Gasteiger partial charge in [-0.1, -0.05) is 0 Å². The third-order valence-corrected chi connectivity index (χ3v) is 5.12. The first-order chi connectivity index (χ1) is 15.2. The van der Waals surface area contributed by atoms with Gasteiger partial charge in [0.25, 0.3) is 0 Å². The highest BCUT2D eigenvalue weighted by Gasteiger charge is 2.23. The standard InChI is InChI=1S/C22H21N5O4/c1-26-12-14(10-24-26)19-11-23-17-4-3-15(7-18(17)25-19)27(5-6-28)16-8-20(29-2)22-21(9-16)30-13-31-22/h3-4,7-12,28H,5-6,13H2,1-2H3. The summed E-state index contributed by atoms with van der Waals surface area (Å²) in [7, 11) is 3.45. The zero-order chi connectivity index (χ0) is 21.4. The summed E-state index contributed by atoms with van der Waals surface area (Å²) in [5.41, 5.74) is 4.84. The normalized spacial score (nSPS) is 12.4. The Kier molecular flexibility index (Phi) is 4.79. The van der Waals surface area contributed by atoms with Crippen LogP contribution in [0.5, 0.6) is 17.2 Å². The molecular formula is C22H21N5O4. The van der Waals surface area contributed by atoms with Gasteiger partial charge >= 0.3 is 0 Å². The molecule has 0 saturated heterocycles. The number of methoxy groups -OCH3 is 1. The molecule has 0 aliphatic carbocycles. The average molecular weight is 419 g/mol. The van der Waals surface area contributed by atoms with Crippen molar-refractivity contribution in [2.75, 3.05) is 32.0 Å². The first kappa shape index (κ1) is 19.1. The highest BCUT2D eigenvalue weighted by molar-refractivity contribution is 5.83. The van der Waals surface area contributed by atoms with Crippen molar-refractivity contribution in [1.29, 1.82) is 0 Å². The van der Waals surface area contributed by atoms with Crippen molar-refractivity contribution >= 4 is 22.4 Å². The van der Waals surface area contributed by atoms with Gasteiger partial charge in [0, 0.05) is 48.9 Å². The Morgan fingerprint density at radius 3 is 2.81 bits per heavy atom. The minimum absolute atomic E-state index is 0.0316. The Labute approximate surface area is 178 Å². The molecule has 0 unspecified atom stereocenters. The molecule has 5 rings (SSSR count). The topological polar surface area (TPSA) is 94.8 Å². The van der Waals surface area contributed by atoms with Crippen molar-refractivity contribution in [3.63, 3.8) is 0 Å². The number of hydrogen-bond acceptors (Lipinski definition) is 8. The van der Waals surface area contributed by atoms with Gasteiger partial charge in [-0.25, -0.2) is 4.98 Å². The first-order valence-corrected chi connectivity index (χ1v) is 9.78. The molecule has 2 aromatic carbocycles. The van der Waals surface area contributed by atoms with Gasteiger partial charge in [0.2, 0.25) is 12.5 Å². The summed E-state index contributed by atoms with van der Waals surface area (Å²) in [5, 5.41) is 13.9. The van der Waals surface area contributed by atoms with Crippen LogP contribution in [0.15, 0.2) is 48.9 Å². The van der Waals surface area contributed by atoms with Crippen molar-refractivity contribution in [3.8, 4) is 28.5 Å². The molecule has 0 spiro atoms. The molecule has 0 saturated carbocycles. The van der Waals surface area contributed by atoms with Crippen molar-refractivity contribution in [1.82, 2.24) is 19.7 Å². The summed E-state index contributed by atoms with van der Waals surface area (Å²) in [6.45, 7) is 0.498. The van der Waals surface area contributed by atoms with Crippen molar-refractivity contribution in [2.45, 2.75) is 0 Å². The molecule has 0 radical (unpaired) electrons. The third-order valence-electron chi connectivity index (χ3n) is 5.12. The van der Waals surface area contributed by atoms with E-state index in [0.29, 0.717) is 23.8 Å². The fourth-order valence-electron chi connectivity index (χ4n) is 3.64. The number of nitrogens with zero attached hydrogens (tertiary/aromatic N) is 5. The fraction of sp³-hybridized carbons (Fsp3) is 0.227. The Balaban J connectivity index is 1.58. The van der Waals surface area contributed by atoms with Crippen molar-refractivity contribution in [3.05, 3.63) is 48.9 Å². The summed E-state index contributed by atoms with van der Waals surface area (Å²) in [6.07, 6.45) is 5.40. The van der Waals surface area contributed by atoms with Crippen LogP contribution in [0, 0.1) is 0 Å². The molecule has 1 aliphatic heterocycles. The highest BCUT2D eigenvalue weighted by atomic mass is 16.7. The SMILES string of the molecule is COc1cc(N(CCO)c2ccc3ncc(-c4cnn(C)c4)nc3c2)cc2c1OCO2. The van der Waals surface area contributed by atoms with Crippen molar-refractivity contribution in [2.24, 2.45) is 7.05 Å². The van der Waals surface area contributed by atoms with Crippen LogP contribution in [0.1, 0.15) is 0 Å². The molecule has 4 aromatic rings. The predicted molar refractivity (Wildman–Crippen MR) is 115 cm³/mol. The van der Waals surface area contributed by atoms with Crippen LogP contribution in [0.3, 0.4) is 0 Å². The van der Waals surface area contributed by atoms with Crippen LogP contribution < -0.4 is 19.1 Å². The molecular weight excluding hydrogens is 398 g/mol. The van der Waals surface area contributed by atoms with E-state index in [0.717, 1.165) is 33.7 Å². The fourth-order valence-corrected chi connectivity index (χ4v) is 3.64. The van der Waals surface area contributed by atoms with E-state index in [2.05, 4.69) is 10.1 Å². The predicted octanol–water partition coefficient (Wildman–Crippen LogP) is 2.90. The lowest BCUT2D eigenvalue weighted by molar-refractivity contribution is 0.171. The zero-order valence-electron chi connectivity index (χ0n) is 17.1. The number of aliphatic hydroxyl groups is 1. The summed E-state index contributed by atoms with van der Waals surface area (Å²) in [5.74, 6) is 1.77. The van der Waals surface area contributed by atoms with Gasteiger partial charge in [-0.2, -0.15) is 5.10 Å². The molecule has 2 aromatic heterocycles. The minimum Gasteiger partial charge on any atom is -0.493 e. The van der Waals surface area contributed by atoms with Gasteiger partial charge in [-0.15, -0.1) is 0 Å². The maximum atomic E-state index is 9.72. The molecule has 0 bridgehead atoms. The number of aromatic nitrogens is 4. The molecule has 9 heteroatoms. The summed E-state index contributed by atoms with van der Waals surface area (Å²) >= 11 is 0. The van der Waals surface area contributed by atoms with Gasteiger partial charge in [-0.3, -0.25) is 9.67 Å². The molecule has 1 N–H and O–H groups in total. The van der Waals surface area contributed by atoms with Crippen LogP contribution >= 0.6 is 0 Å². The third kappa shape index (κ3) is 3.49. The minimum atomic E-state index is -0.0316. The van der Waals surface area contributed by atoms with Gasteiger partial charge < -0.3 is 24.2 Å². The Morgan fingerprint density at radius 2 is 2.03 bits per heavy atom. The largest absolute Gasteiger partial charge is 0.493 e. The second-order valence-corrected chi connectivity index (χ2v) is 7.09. The number of benzene rings is 2. The molecule has 31 heavy (non-hydrogen) atoms. The van der Waals surface area contributed by atoms with E-state index in [4.69, 9.17) is 19.2 Å². The number of aliphatic hydroxyl groups excluding tert-OH is 1. The van der Waals surface area contributed by atoms with Gasteiger partial charge in [0.15, 0.2) is 11.5 Å². The molecule has 0 atom stereocenters. The van der Waals surface area contributed by atoms with Gasteiger partial charge in [0.05, 0.1) is 42.8 Å². The zero-order valence-corrected chi connectivity index (χ0v) is 17.1. The number of ether oxygens (including phenoxy) is 3. The molecule has 0 amide bonds. The molecule has 158 valence electrons. The van der Waals surface area contributed by atoms with E-state index >= 15 is 0 Å².